The lowest BCUT2D eigenvalue weighted by molar-refractivity contribution is -0.109. The summed E-state index contributed by atoms with van der Waals surface area (Å²) in [6.07, 6.45) is 2.68. The number of carbonyl (C=O) groups excluding carboxylic acids is 1. The fourth-order valence-electron chi connectivity index (χ4n) is 1.62. The number of nitrogens with two attached hydrogens (primary N) is 1. The number of aldehydes is 1. The van der Waals surface area contributed by atoms with Gasteiger partial charge in [0.2, 0.25) is 0 Å². The summed E-state index contributed by atoms with van der Waals surface area (Å²) in [5, 5.41) is 0. The van der Waals surface area contributed by atoms with Gasteiger partial charge < -0.3 is 15.4 Å². The minimum Gasteiger partial charge on any atom is -0.326 e. The third-order valence-corrected chi connectivity index (χ3v) is 2.41. The summed E-state index contributed by atoms with van der Waals surface area (Å²) in [5.41, 5.74) is 5.85. The van der Waals surface area contributed by atoms with Crippen molar-refractivity contribution in [2.45, 2.75) is 18.9 Å². The summed E-state index contributed by atoms with van der Waals surface area (Å²) in [5.74, 6) is 0.420. The number of hydrogen-bond acceptors (Lipinski definition) is 3. The van der Waals surface area contributed by atoms with Crippen molar-refractivity contribution in [3.8, 4) is 0 Å². The van der Waals surface area contributed by atoms with E-state index in [0.717, 1.165) is 25.8 Å². The van der Waals surface area contributed by atoms with Gasteiger partial charge in [0.1, 0.15) is 6.29 Å². The molecule has 2 N–H and O–H groups in total. The third-order valence-electron chi connectivity index (χ3n) is 2.41. The predicted molar refractivity (Wildman–Crippen MR) is 44.3 cm³/mol. The molecule has 1 aliphatic rings. The molecular weight excluding hydrogens is 140 g/mol. The molecule has 2 atom stereocenters. The maximum absolute atomic E-state index is 10.2. The number of likely N-dealkylation sites (N-methyl/N-ethyl adjacent to an activating group) is 1. The van der Waals surface area contributed by atoms with Crippen molar-refractivity contribution >= 4 is 6.29 Å². The molecular formula is C8H16N2O. The molecule has 0 aliphatic carbocycles. The Hall–Kier alpha value is -0.410. The first kappa shape index (κ1) is 8.68. The Bertz CT molecular complexity index is 138. The standard InChI is InChI=1S/C8H16N2O/c1-10-4-2-7(3-5-11)8(9)6-10/h5,7-8H,2-4,6,9H2,1H3. The van der Waals surface area contributed by atoms with Crippen molar-refractivity contribution in [1.29, 1.82) is 0 Å². The van der Waals surface area contributed by atoms with Gasteiger partial charge in [-0.25, -0.2) is 0 Å². The highest BCUT2D eigenvalue weighted by molar-refractivity contribution is 5.49. The van der Waals surface area contributed by atoms with Gasteiger partial charge in [-0.3, -0.25) is 0 Å². The minimum atomic E-state index is 0.193. The predicted octanol–water partition coefficient (Wildman–Crippen LogP) is -0.146. The lowest BCUT2D eigenvalue weighted by Crippen LogP contribution is -2.46. The van der Waals surface area contributed by atoms with Crippen LogP contribution >= 0.6 is 0 Å². The Kier molecular flexibility index (Phi) is 3.02. The zero-order valence-electron chi connectivity index (χ0n) is 6.99. The number of piperidine rings is 1. The fourth-order valence-corrected chi connectivity index (χ4v) is 1.62. The molecule has 11 heavy (non-hydrogen) atoms. The Morgan fingerprint density at radius 3 is 3.00 bits per heavy atom. The van der Waals surface area contributed by atoms with Crippen molar-refractivity contribution in [2.75, 3.05) is 20.1 Å². The van der Waals surface area contributed by atoms with Crippen LogP contribution in [0.3, 0.4) is 0 Å². The number of nitrogens with zero attached hydrogens (tertiary/aromatic N) is 1. The van der Waals surface area contributed by atoms with Gasteiger partial charge in [0.25, 0.3) is 0 Å². The Morgan fingerprint density at radius 1 is 1.73 bits per heavy atom. The molecule has 0 aromatic rings. The highest BCUT2D eigenvalue weighted by Crippen LogP contribution is 2.17. The van der Waals surface area contributed by atoms with Crippen molar-refractivity contribution in [2.24, 2.45) is 11.7 Å². The monoisotopic (exact) mass is 156 g/mol. The van der Waals surface area contributed by atoms with Crippen LogP contribution in [0.2, 0.25) is 0 Å². The summed E-state index contributed by atoms with van der Waals surface area (Å²) >= 11 is 0. The van der Waals surface area contributed by atoms with Crippen molar-refractivity contribution in [3.05, 3.63) is 0 Å². The van der Waals surface area contributed by atoms with Crippen molar-refractivity contribution in [3.63, 3.8) is 0 Å². The van der Waals surface area contributed by atoms with E-state index in [-0.39, 0.29) is 6.04 Å². The van der Waals surface area contributed by atoms with E-state index >= 15 is 0 Å². The molecule has 0 bridgehead atoms. The minimum absolute atomic E-state index is 0.193. The second-order valence-corrected chi connectivity index (χ2v) is 3.38. The second-order valence-electron chi connectivity index (χ2n) is 3.38. The first-order valence-electron chi connectivity index (χ1n) is 4.12. The van der Waals surface area contributed by atoms with E-state index in [0.29, 0.717) is 12.3 Å². The van der Waals surface area contributed by atoms with Crippen LogP contribution in [0.5, 0.6) is 0 Å². The van der Waals surface area contributed by atoms with E-state index in [1.807, 2.05) is 0 Å². The summed E-state index contributed by atoms with van der Waals surface area (Å²) in [6, 6.07) is 0.193. The number of carbonyl (C=O) groups is 1. The van der Waals surface area contributed by atoms with E-state index in [2.05, 4.69) is 11.9 Å². The van der Waals surface area contributed by atoms with Crippen LogP contribution in [-0.4, -0.2) is 37.4 Å². The molecule has 1 aliphatic heterocycles. The lowest BCUT2D eigenvalue weighted by atomic mass is 9.90. The topological polar surface area (TPSA) is 46.3 Å². The van der Waals surface area contributed by atoms with Crippen LogP contribution in [0.25, 0.3) is 0 Å². The zero-order chi connectivity index (χ0) is 8.27. The molecule has 0 radical (unpaired) electrons. The molecule has 0 spiro atoms. The first-order valence-corrected chi connectivity index (χ1v) is 4.12. The van der Waals surface area contributed by atoms with Crippen LogP contribution in [0, 0.1) is 5.92 Å². The van der Waals surface area contributed by atoms with E-state index in [9.17, 15) is 4.79 Å². The second kappa shape index (κ2) is 3.83. The fraction of sp³-hybridized carbons (Fsp3) is 0.875. The van der Waals surface area contributed by atoms with Crippen molar-refractivity contribution in [1.82, 2.24) is 4.90 Å². The molecule has 1 fully saturated rings. The average Bonchev–Trinajstić information content (AvgIpc) is 1.95. The van der Waals surface area contributed by atoms with Gasteiger partial charge in [0.15, 0.2) is 0 Å². The van der Waals surface area contributed by atoms with Crippen LogP contribution in [0.15, 0.2) is 0 Å². The van der Waals surface area contributed by atoms with E-state index < -0.39 is 0 Å². The van der Waals surface area contributed by atoms with E-state index in [1.54, 1.807) is 0 Å². The third kappa shape index (κ3) is 2.27. The smallest absolute Gasteiger partial charge is 0.120 e. The number of hydrogen-bond donors (Lipinski definition) is 1. The highest BCUT2D eigenvalue weighted by atomic mass is 16.1. The number of rotatable bonds is 2. The maximum Gasteiger partial charge on any atom is 0.120 e. The van der Waals surface area contributed by atoms with Crippen LogP contribution in [-0.2, 0) is 4.79 Å². The molecule has 64 valence electrons. The Morgan fingerprint density at radius 2 is 2.45 bits per heavy atom. The Labute approximate surface area is 67.5 Å². The maximum atomic E-state index is 10.2. The summed E-state index contributed by atoms with van der Waals surface area (Å²) < 4.78 is 0. The molecule has 1 rings (SSSR count). The number of likely N-dealkylation sites (tertiary alicyclic amines) is 1. The van der Waals surface area contributed by atoms with Gasteiger partial charge in [-0.15, -0.1) is 0 Å². The molecule has 0 aromatic heterocycles. The van der Waals surface area contributed by atoms with Gasteiger partial charge >= 0.3 is 0 Å². The average molecular weight is 156 g/mol. The highest BCUT2D eigenvalue weighted by Gasteiger charge is 2.23. The van der Waals surface area contributed by atoms with E-state index in [4.69, 9.17) is 5.73 Å². The summed E-state index contributed by atoms with van der Waals surface area (Å²) in [6.45, 7) is 2.00. The summed E-state index contributed by atoms with van der Waals surface area (Å²) in [4.78, 5) is 12.4. The quantitative estimate of drug-likeness (QED) is 0.566. The lowest BCUT2D eigenvalue weighted by Gasteiger charge is -2.33. The molecule has 0 amide bonds. The van der Waals surface area contributed by atoms with Gasteiger partial charge in [-0.05, 0) is 25.9 Å². The molecule has 3 heteroatoms. The van der Waals surface area contributed by atoms with Crippen LogP contribution in [0.1, 0.15) is 12.8 Å². The Balaban J connectivity index is 2.37. The van der Waals surface area contributed by atoms with Gasteiger partial charge in [-0.2, -0.15) is 0 Å². The van der Waals surface area contributed by atoms with Crippen LogP contribution < -0.4 is 5.73 Å². The molecule has 1 saturated heterocycles. The van der Waals surface area contributed by atoms with Gasteiger partial charge in [0, 0.05) is 19.0 Å². The first-order chi connectivity index (χ1) is 5.24. The van der Waals surface area contributed by atoms with Crippen LogP contribution in [0.4, 0.5) is 0 Å². The molecule has 1 heterocycles. The van der Waals surface area contributed by atoms with E-state index in [1.165, 1.54) is 0 Å². The normalized spacial score (nSPS) is 33.6. The summed E-state index contributed by atoms with van der Waals surface area (Å²) in [7, 11) is 2.07. The van der Waals surface area contributed by atoms with Gasteiger partial charge in [-0.1, -0.05) is 0 Å². The SMILES string of the molecule is CN1CCC(CC=O)C(N)C1. The molecule has 0 saturated carbocycles. The largest absolute Gasteiger partial charge is 0.326 e. The van der Waals surface area contributed by atoms with Gasteiger partial charge in [0.05, 0.1) is 0 Å². The molecule has 2 unspecified atom stereocenters. The van der Waals surface area contributed by atoms with Crippen molar-refractivity contribution < 1.29 is 4.79 Å². The zero-order valence-corrected chi connectivity index (χ0v) is 6.99. The molecule has 3 nitrogen and oxygen atoms in total. The molecule has 0 aromatic carbocycles.